The van der Waals surface area contributed by atoms with E-state index in [1.807, 2.05) is 0 Å². The topological polar surface area (TPSA) is 41.1 Å². The van der Waals surface area contributed by atoms with Gasteiger partial charge in [-0.2, -0.15) is 0 Å². The molecule has 2 aliphatic carbocycles. The van der Waals surface area contributed by atoms with Gasteiger partial charge in [0.25, 0.3) is 0 Å². The first kappa shape index (κ1) is 11.5. The summed E-state index contributed by atoms with van der Waals surface area (Å²) < 4.78 is 0. The number of carbonyl (C=O) groups excluding carboxylic acids is 1. The van der Waals surface area contributed by atoms with Crippen molar-refractivity contribution in [2.75, 3.05) is 13.1 Å². The summed E-state index contributed by atoms with van der Waals surface area (Å²) in [6, 6.07) is 0.107. The van der Waals surface area contributed by atoms with E-state index >= 15 is 0 Å². The molecule has 1 amide bonds. The van der Waals surface area contributed by atoms with Gasteiger partial charge in [-0.25, -0.2) is 0 Å². The third kappa shape index (κ3) is 2.10. The van der Waals surface area contributed by atoms with Gasteiger partial charge in [-0.1, -0.05) is 13.3 Å². The highest BCUT2D eigenvalue weighted by Gasteiger charge is 2.44. The van der Waals surface area contributed by atoms with E-state index in [2.05, 4.69) is 17.6 Å². The molecule has 1 aliphatic heterocycles. The second kappa shape index (κ2) is 4.27. The van der Waals surface area contributed by atoms with Crippen molar-refractivity contribution in [3.05, 3.63) is 0 Å². The van der Waals surface area contributed by atoms with Crippen molar-refractivity contribution >= 4 is 5.91 Å². The molecular formula is C14H24N2O. The van der Waals surface area contributed by atoms with Gasteiger partial charge in [-0.3, -0.25) is 4.79 Å². The molecule has 1 saturated heterocycles. The summed E-state index contributed by atoms with van der Waals surface area (Å²) in [5.41, 5.74) is 0.462. The van der Waals surface area contributed by atoms with Gasteiger partial charge in [0.15, 0.2) is 0 Å². The van der Waals surface area contributed by atoms with Gasteiger partial charge in [-0.05, 0) is 55.9 Å². The van der Waals surface area contributed by atoms with Crippen LogP contribution in [0.1, 0.15) is 45.4 Å². The van der Waals surface area contributed by atoms with Gasteiger partial charge in [0.1, 0.15) is 0 Å². The molecule has 2 saturated carbocycles. The summed E-state index contributed by atoms with van der Waals surface area (Å²) in [6.07, 6.45) is 7.69. The van der Waals surface area contributed by atoms with Crippen molar-refractivity contribution in [3.8, 4) is 0 Å². The van der Waals surface area contributed by atoms with E-state index in [-0.39, 0.29) is 11.9 Å². The quantitative estimate of drug-likeness (QED) is 0.780. The zero-order valence-corrected chi connectivity index (χ0v) is 10.8. The fraction of sp³-hybridized carbons (Fsp3) is 0.929. The first-order chi connectivity index (χ1) is 8.24. The van der Waals surface area contributed by atoms with Crippen molar-refractivity contribution < 1.29 is 4.79 Å². The Hall–Kier alpha value is -0.570. The SMILES string of the molecule is CCC1(CNC(=O)C2NCC3CCCC32)CC1. The summed E-state index contributed by atoms with van der Waals surface area (Å²) in [6.45, 7) is 4.19. The van der Waals surface area contributed by atoms with Crippen LogP contribution < -0.4 is 10.6 Å². The Morgan fingerprint density at radius 2 is 2.24 bits per heavy atom. The number of rotatable bonds is 4. The molecule has 2 N–H and O–H groups in total. The lowest BCUT2D eigenvalue weighted by Crippen LogP contribution is -2.45. The van der Waals surface area contributed by atoms with Crippen LogP contribution in [0.5, 0.6) is 0 Å². The summed E-state index contributed by atoms with van der Waals surface area (Å²) in [5.74, 6) is 1.65. The molecule has 3 heteroatoms. The smallest absolute Gasteiger partial charge is 0.237 e. The Morgan fingerprint density at radius 3 is 2.94 bits per heavy atom. The Bertz CT molecular complexity index is 311. The molecular weight excluding hydrogens is 212 g/mol. The number of fused-ring (bicyclic) bond motifs is 1. The lowest BCUT2D eigenvalue weighted by atomic mass is 9.93. The number of nitrogens with one attached hydrogen (secondary N) is 2. The molecule has 0 aromatic heterocycles. The minimum atomic E-state index is 0.107. The first-order valence-corrected chi connectivity index (χ1v) is 7.25. The maximum atomic E-state index is 12.2. The van der Waals surface area contributed by atoms with E-state index < -0.39 is 0 Å². The van der Waals surface area contributed by atoms with Gasteiger partial charge in [0.2, 0.25) is 5.91 Å². The van der Waals surface area contributed by atoms with E-state index in [1.54, 1.807) is 0 Å². The predicted octanol–water partition coefficient (Wildman–Crippen LogP) is 1.68. The second-order valence-corrected chi connectivity index (χ2v) is 6.31. The number of carbonyl (C=O) groups is 1. The van der Waals surface area contributed by atoms with Crippen LogP contribution in [0.15, 0.2) is 0 Å². The van der Waals surface area contributed by atoms with E-state index in [0.29, 0.717) is 11.3 Å². The Balaban J connectivity index is 1.52. The molecule has 1 heterocycles. The van der Waals surface area contributed by atoms with Gasteiger partial charge < -0.3 is 10.6 Å². The standard InChI is InChI=1S/C14H24N2O/c1-2-14(6-7-14)9-16-13(17)12-11-5-3-4-10(11)8-15-12/h10-12,15H,2-9H2,1H3,(H,16,17). The minimum Gasteiger partial charge on any atom is -0.354 e. The van der Waals surface area contributed by atoms with Crippen molar-refractivity contribution in [3.63, 3.8) is 0 Å². The second-order valence-electron chi connectivity index (χ2n) is 6.31. The van der Waals surface area contributed by atoms with E-state index in [4.69, 9.17) is 0 Å². The molecule has 3 nitrogen and oxygen atoms in total. The molecule has 0 spiro atoms. The lowest BCUT2D eigenvalue weighted by molar-refractivity contribution is -0.124. The van der Waals surface area contributed by atoms with Crippen LogP contribution in [0.25, 0.3) is 0 Å². The van der Waals surface area contributed by atoms with Crippen LogP contribution >= 0.6 is 0 Å². The third-order valence-corrected chi connectivity index (χ3v) is 5.37. The van der Waals surface area contributed by atoms with Crippen LogP contribution in [0, 0.1) is 17.3 Å². The maximum Gasteiger partial charge on any atom is 0.237 e. The van der Waals surface area contributed by atoms with Crippen molar-refractivity contribution in [1.29, 1.82) is 0 Å². The fourth-order valence-electron chi connectivity index (χ4n) is 3.69. The zero-order chi connectivity index (χ0) is 11.9. The van der Waals surface area contributed by atoms with Gasteiger partial charge >= 0.3 is 0 Å². The average molecular weight is 236 g/mol. The molecule has 3 atom stereocenters. The van der Waals surface area contributed by atoms with Crippen molar-refractivity contribution in [1.82, 2.24) is 10.6 Å². The summed E-state index contributed by atoms with van der Waals surface area (Å²) in [4.78, 5) is 12.2. The Morgan fingerprint density at radius 1 is 1.41 bits per heavy atom. The van der Waals surface area contributed by atoms with Crippen molar-refractivity contribution in [2.24, 2.45) is 17.3 Å². The Labute approximate surface area is 104 Å². The Kier molecular flexibility index (Phi) is 2.89. The highest BCUT2D eigenvalue weighted by Crippen LogP contribution is 2.48. The van der Waals surface area contributed by atoms with Crippen LogP contribution in [-0.2, 0) is 4.79 Å². The fourth-order valence-corrected chi connectivity index (χ4v) is 3.69. The highest BCUT2D eigenvalue weighted by molar-refractivity contribution is 5.82. The van der Waals surface area contributed by atoms with E-state index in [1.165, 1.54) is 38.5 Å². The molecule has 3 fully saturated rings. The van der Waals surface area contributed by atoms with Crippen LogP contribution in [0.3, 0.4) is 0 Å². The van der Waals surface area contributed by atoms with E-state index in [0.717, 1.165) is 19.0 Å². The molecule has 0 radical (unpaired) electrons. The predicted molar refractivity (Wildman–Crippen MR) is 67.6 cm³/mol. The molecule has 0 bridgehead atoms. The minimum absolute atomic E-state index is 0.107. The largest absolute Gasteiger partial charge is 0.354 e. The van der Waals surface area contributed by atoms with Crippen LogP contribution in [0.4, 0.5) is 0 Å². The van der Waals surface area contributed by atoms with E-state index in [9.17, 15) is 4.79 Å². The zero-order valence-electron chi connectivity index (χ0n) is 10.8. The first-order valence-electron chi connectivity index (χ1n) is 7.25. The van der Waals surface area contributed by atoms with Crippen LogP contribution in [-0.4, -0.2) is 25.0 Å². The molecule has 96 valence electrons. The van der Waals surface area contributed by atoms with Crippen LogP contribution in [0.2, 0.25) is 0 Å². The lowest BCUT2D eigenvalue weighted by Gasteiger charge is -2.20. The normalized spacial score (nSPS) is 37.8. The number of hydrogen-bond acceptors (Lipinski definition) is 2. The monoisotopic (exact) mass is 236 g/mol. The molecule has 0 aromatic rings. The number of hydrogen-bond donors (Lipinski definition) is 2. The third-order valence-electron chi connectivity index (χ3n) is 5.37. The summed E-state index contributed by atoms with van der Waals surface area (Å²) in [7, 11) is 0. The van der Waals surface area contributed by atoms with Gasteiger partial charge in [0, 0.05) is 6.54 Å². The molecule has 17 heavy (non-hydrogen) atoms. The molecule has 3 aliphatic rings. The molecule has 3 rings (SSSR count). The number of amides is 1. The maximum absolute atomic E-state index is 12.2. The summed E-state index contributed by atoms with van der Waals surface area (Å²) >= 11 is 0. The van der Waals surface area contributed by atoms with Gasteiger partial charge in [-0.15, -0.1) is 0 Å². The van der Waals surface area contributed by atoms with Crippen molar-refractivity contribution in [2.45, 2.75) is 51.5 Å². The highest BCUT2D eigenvalue weighted by atomic mass is 16.2. The van der Waals surface area contributed by atoms with Gasteiger partial charge in [0.05, 0.1) is 6.04 Å². The molecule has 0 aromatic carbocycles. The average Bonchev–Trinajstić information content (AvgIpc) is 2.78. The molecule has 3 unspecified atom stereocenters. The summed E-state index contributed by atoms with van der Waals surface area (Å²) in [5, 5.41) is 6.61.